The van der Waals surface area contributed by atoms with Gasteiger partial charge in [-0.05, 0) is 35.7 Å². The molecule has 0 fully saturated rings. The lowest BCUT2D eigenvalue weighted by molar-refractivity contribution is 0.0729. The Morgan fingerprint density at radius 3 is 2.81 bits per heavy atom. The highest BCUT2D eigenvalue weighted by atomic mass is 32.1. The molecule has 0 saturated carbocycles. The Labute approximate surface area is 154 Å². The van der Waals surface area contributed by atoms with Gasteiger partial charge in [0.25, 0.3) is 11.8 Å². The standard InChI is InChI=1S/C19H16N4O2S/c20-17(24)13-6-1-2-8-15(13)22-18-16-14(7-3-9-21-16)19(25)23(18)11-12-5-4-10-26-12/h1-10,18,22H,11H2,(H2,20,24). The number of aromatic nitrogens is 1. The third-order valence-corrected chi connectivity index (χ3v) is 5.15. The predicted octanol–water partition coefficient (Wildman–Crippen LogP) is 3.01. The second-order valence-corrected chi connectivity index (χ2v) is 6.94. The van der Waals surface area contributed by atoms with E-state index in [0.29, 0.717) is 29.1 Å². The Morgan fingerprint density at radius 1 is 1.19 bits per heavy atom. The molecule has 0 spiro atoms. The summed E-state index contributed by atoms with van der Waals surface area (Å²) in [5.74, 6) is -0.612. The number of hydrogen-bond donors (Lipinski definition) is 2. The van der Waals surface area contributed by atoms with Crippen LogP contribution in [0.2, 0.25) is 0 Å². The maximum atomic E-state index is 12.9. The highest BCUT2D eigenvalue weighted by molar-refractivity contribution is 7.09. The monoisotopic (exact) mass is 364 g/mol. The minimum absolute atomic E-state index is 0.0874. The van der Waals surface area contributed by atoms with Crippen molar-refractivity contribution < 1.29 is 9.59 Å². The number of primary amides is 1. The molecule has 2 amide bonds. The van der Waals surface area contributed by atoms with E-state index < -0.39 is 12.1 Å². The van der Waals surface area contributed by atoms with E-state index in [-0.39, 0.29) is 5.91 Å². The fraction of sp³-hybridized carbons (Fsp3) is 0.105. The number of carbonyl (C=O) groups is 2. The summed E-state index contributed by atoms with van der Waals surface area (Å²) in [5.41, 5.74) is 7.65. The van der Waals surface area contributed by atoms with Crippen molar-refractivity contribution >= 4 is 28.8 Å². The quantitative estimate of drug-likeness (QED) is 0.728. The number of amides is 2. The van der Waals surface area contributed by atoms with Gasteiger partial charge in [-0.1, -0.05) is 18.2 Å². The maximum Gasteiger partial charge on any atom is 0.258 e. The number of anilines is 1. The zero-order valence-electron chi connectivity index (χ0n) is 13.8. The number of pyridine rings is 1. The number of rotatable bonds is 5. The van der Waals surface area contributed by atoms with Crippen molar-refractivity contribution in [3.8, 4) is 0 Å². The molecule has 1 aliphatic rings. The molecular weight excluding hydrogens is 348 g/mol. The highest BCUT2D eigenvalue weighted by Gasteiger charge is 2.38. The predicted molar refractivity (Wildman–Crippen MR) is 99.8 cm³/mol. The van der Waals surface area contributed by atoms with Crippen LogP contribution in [0.3, 0.4) is 0 Å². The van der Waals surface area contributed by atoms with Crippen molar-refractivity contribution in [2.45, 2.75) is 12.7 Å². The number of nitrogens with one attached hydrogen (secondary N) is 1. The van der Waals surface area contributed by atoms with Gasteiger partial charge in [0, 0.05) is 16.8 Å². The third kappa shape index (κ3) is 2.82. The lowest BCUT2D eigenvalue weighted by atomic mass is 10.1. The van der Waals surface area contributed by atoms with Gasteiger partial charge >= 0.3 is 0 Å². The van der Waals surface area contributed by atoms with E-state index in [1.54, 1.807) is 52.8 Å². The Bertz CT molecular complexity index is 971. The summed E-state index contributed by atoms with van der Waals surface area (Å²) >= 11 is 1.59. The maximum absolute atomic E-state index is 12.9. The lowest BCUT2D eigenvalue weighted by Gasteiger charge is -2.26. The van der Waals surface area contributed by atoms with Gasteiger partial charge in [0.15, 0.2) is 0 Å². The van der Waals surface area contributed by atoms with Crippen LogP contribution >= 0.6 is 11.3 Å². The molecule has 130 valence electrons. The molecule has 0 saturated heterocycles. The van der Waals surface area contributed by atoms with Gasteiger partial charge in [-0.25, -0.2) is 0 Å². The van der Waals surface area contributed by atoms with Gasteiger partial charge in [-0.3, -0.25) is 14.6 Å². The number of hydrogen-bond acceptors (Lipinski definition) is 5. The largest absolute Gasteiger partial charge is 0.366 e. The fourth-order valence-electron chi connectivity index (χ4n) is 3.09. The number of nitrogens with zero attached hydrogens (tertiary/aromatic N) is 2. The molecule has 1 unspecified atom stereocenters. The van der Waals surface area contributed by atoms with Gasteiger partial charge in [-0.2, -0.15) is 0 Å². The van der Waals surface area contributed by atoms with Crippen molar-refractivity contribution in [1.29, 1.82) is 0 Å². The zero-order chi connectivity index (χ0) is 18.1. The van der Waals surface area contributed by atoms with E-state index in [2.05, 4.69) is 10.3 Å². The molecule has 1 aliphatic heterocycles. The average Bonchev–Trinajstić information content (AvgIpc) is 3.25. The van der Waals surface area contributed by atoms with E-state index in [0.717, 1.165) is 4.88 Å². The molecule has 3 N–H and O–H groups in total. The van der Waals surface area contributed by atoms with Gasteiger partial charge in [0.2, 0.25) is 0 Å². The Morgan fingerprint density at radius 2 is 2.04 bits per heavy atom. The molecule has 1 aromatic carbocycles. The summed E-state index contributed by atoms with van der Waals surface area (Å²) < 4.78 is 0. The second kappa shape index (κ2) is 6.61. The summed E-state index contributed by atoms with van der Waals surface area (Å²) in [6, 6.07) is 14.5. The number of thiophene rings is 1. The van der Waals surface area contributed by atoms with E-state index in [1.165, 1.54) is 0 Å². The van der Waals surface area contributed by atoms with Gasteiger partial charge in [0.05, 0.1) is 23.4 Å². The third-order valence-electron chi connectivity index (χ3n) is 4.29. The Hall–Kier alpha value is -3.19. The fourth-order valence-corrected chi connectivity index (χ4v) is 3.79. The van der Waals surface area contributed by atoms with Crippen molar-refractivity contribution in [2.24, 2.45) is 5.73 Å². The molecule has 0 aliphatic carbocycles. The lowest BCUT2D eigenvalue weighted by Crippen LogP contribution is -2.32. The highest BCUT2D eigenvalue weighted by Crippen LogP contribution is 2.35. The Kier molecular flexibility index (Phi) is 4.14. The molecule has 3 aromatic rings. The zero-order valence-corrected chi connectivity index (χ0v) is 14.6. The summed E-state index contributed by atoms with van der Waals surface area (Å²) in [7, 11) is 0. The molecule has 26 heavy (non-hydrogen) atoms. The molecular formula is C19H16N4O2S. The average molecular weight is 364 g/mol. The molecule has 0 bridgehead atoms. The van der Waals surface area contributed by atoms with E-state index in [4.69, 9.17) is 5.73 Å². The summed E-state index contributed by atoms with van der Waals surface area (Å²) in [5, 5.41) is 5.26. The van der Waals surface area contributed by atoms with Gasteiger partial charge < -0.3 is 16.0 Å². The van der Waals surface area contributed by atoms with Crippen LogP contribution in [-0.2, 0) is 6.54 Å². The van der Waals surface area contributed by atoms with E-state index in [9.17, 15) is 9.59 Å². The summed E-state index contributed by atoms with van der Waals surface area (Å²) in [4.78, 5) is 31.8. The number of carbonyl (C=O) groups excluding carboxylic acids is 2. The first-order chi connectivity index (χ1) is 12.6. The second-order valence-electron chi connectivity index (χ2n) is 5.91. The number of nitrogens with two attached hydrogens (primary N) is 1. The van der Waals surface area contributed by atoms with Crippen LogP contribution < -0.4 is 11.1 Å². The van der Waals surface area contributed by atoms with Crippen LogP contribution in [0.4, 0.5) is 5.69 Å². The normalized spacial score (nSPS) is 15.8. The SMILES string of the molecule is NC(=O)c1ccccc1NC1c2ncccc2C(=O)N1Cc1cccs1. The van der Waals surface area contributed by atoms with Crippen molar-refractivity contribution in [3.05, 3.63) is 81.8 Å². The first-order valence-corrected chi connectivity index (χ1v) is 8.97. The smallest absolute Gasteiger partial charge is 0.258 e. The molecule has 0 radical (unpaired) electrons. The molecule has 4 rings (SSSR count). The molecule has 1 atom stereocenters. The van der Waals surface area contributed by atoms with Crippen molar-refractivity contribution in [1.82, 2.24) is 9.88 Å². The van der Waals surface area contributed by atoms with Crippen LogP contribution in [0, 0.1) is 0 Å². The topological polar surface area (TPSA) is 88.3 Å². The van der Waals surface area contributed by atoms with Crippen LogP contribution in [0.5, 0.6) is 0 Å². The number of fused-ring (bicyclic) bond motifs is 1. The van der Waals surface area contributed by atoms with E-state index >= 15 is 0 Å². The van der Waals surface area contributed by atoms with Crippen LogP contribution in [0.1, 0.15) is 37.5 Å². The van der Waals surface area contributed by atoms with Crippen LogP contribution in [0.15, 0.2) is 60.1 Å². The first kappa shape index (κ1) is 16.3. The molecule has 6 nitrogen and oxygen atoms in total. The molecule has 3 heterocycles. The Balaban J connectivity index is 1.73. The van der Waals surface area contributed by atoms with E-state index in [1.807, 2.05) is 23.6 Å². The number of para-hydroxylation sites is 1. The summed E-state index contributed by atoms with van der Waals surface area (Å²) in [6.07, 6.45) is 1.19. The van der Waals surface area contributed by atoms with Crippen LogP contribution in [-0.4, -0.2) is 21.7 Å². The summed E-state index contributed by atoms with van der Waals surface area (Å²) in [6.45, 7) is 0.462. The molecule has 2 aromatic heterocycles. The van der Waals surface area contributed by atoms with Crippen LogP contribution in [0.25, 0.3) is 0 Å². The molecule has 7 heteroatoms. The minimum atomic E-state index is -0.525. The first-order valence-electron chi connectivity index (χ1n) is 8.09. The van der Waals surface area contributed by atoms with Crippen molar-refractivity contribution in [3.63, 3.8) is 0 Å². The minimum Gasteiger partial charge on any atom is -0.366 e. The van der Waals surface area contributed by atoms with Gasteiger partial charge in [0.1, 0.15) is 6.17 Å². The van der Waals surface area contributed by atoms with Gasteiger partial charge in [-0.15, -0.1) is 11.3 Å². The number of benzene rings is 1. The van der Waals surface area contributed by atoms with Crippen molar-refractivity contribution in [2.75, 3.05) is 5.32 Å².